The van der Waals surface area contributed by atoms with E-state index in [-0.39, 0.29) is 17.9 Å². The highest BCUT2D eigenvalue weighted by molar-refractivity contribution is 5.80. The minimum Gasteiger partial charge on any atom is -0.493 e. The van der Waals surface area contributed by atoms with Gasteiger partial charge in [0, 0.05) is 5.92 Å². The van der Waals surface area contributed by atoms with Gasteiger partial charge in [0.2, 0.25) is 5.91 Å². The van der Waals surface area contributed by atoms with Crippen molar-refractivity contribution in [3.05, 3.63) is 24.3 Å². The van der Waals surface area contributed by atoms with Gasteiger partial charge in [-0.3, -0.25) is 9.59 Å². The van der Waals surface area contributed by atoms with E-state index >= 15 is 0 Å². The number of aliphatic carboxylic acids is 1. The molecule has 0 aliphatic heterocycles. The molecule has 6 nitrogen and oxygen atoms in total. The van der Waals surface area contributed by atoms with Crippen molar-refractivity contribution in [2.75, 3.05) is 13.7 Å². The summed E-state index contributed by atoms with van der Waals surface area (Å²) in [5.41, 5.74) is 0. The maximum absolute atomic E-state index is 12.1. The fourth-order valence-electron chi connectivity index (χ4n) is 2.81. The molecule has 1 aliphatic rings. The number of ether oxygens (including phenoxy) is 2. The zero-order valence-electron chi connectivity index (χ0n) is 13.5. The van der Waals surface area contributed by atoms with Gasteiger partial charge < -0.3 is 19.9 Å². The lowest BCUT2D eigenvalue weighted by atomic mass is 10.0. The smallest absolute Gasteiger partial charge is 0.306 e. The maximum Gasteiger partial charge on any atom is 0.306 e. The summed E-state index contributed by atoms with van der Waals surface area (Å²) in [4.78, 5) is 23.0. The third kappa shape index (κ3) is 4.61. The van der Waals surface area contributed by atoms with E-state index in [1.165, 1.54) is 0 Å². The van der Waals surface area contributed by atoms with Crippen molar-refractivity contribution in [1.82, 2.24) is 5.32 Å². The molecule has 0 bridgehead atoms. The van der Waals surface area contributed by atoms with Crippen molar-refractivity contribution in [2.45, 2.75) is 32.3 Å². The first-order valence-electron chi connectivity index (χ1n) is 7.81. The molecule has 1 saturated carbocycles. The van der Waals surface area contributed by atoms with Crippen molar-refractivity contribution in [3.8, 4) is 11.5 Å². The van der Waals surface area contributed by atoms with Crippen LogP contribution >= 0.6 is 0 Å². The Hall–Kier alpha value is -2.24. The molecule has 3 atom stereocenters. The molecular formula is C17H23NO5. The number of benzene rings is 1. The molecule has 0 spiro atoms. The summed E-state index contributed by atoms with van der Waals surface area (Å²) in [7, 11) is 1.58. The fourth-order valence-corrected chi connectivity index (χ4v) is 2.81. The summed E-state index contributed by atoms with van der Waals surface area (Å²) < 4.78 is 11.0. The summed E-state index contributed by atoms with van der Waals surface area (Å²) in [6, 6.07) is 7.33. The predicted molar refractivity (Wildman–Crippen MR) is 84.6 cm³/mol. The Bertz CT molecular complexity index is 560. The van der Waals surface area contributed by atoms with Crippen LogP contribution in [0.5, 0.6) is 11.5 Å². The second-order valence-electron chi connectivity index (χ2n) is 5.87. The van der Waals surface area contributed by atoms with E-state index in [0.717, 1.165) is 0 Å². The fraction of sp³-hybridized carbons (Fsp3) is 0.529. The van der Waals surface area contributed by atoms with Crippen LogP contribution in [-0.4, -0.2) is 36.7 Å². The van der Waals surface area contributed by atoms with E-state index in [4.69, 9.17) is 14.6 Å². The van der Waals surface area contributed by atoms with Crippen LogP contribution in [0.4, 0.5) is 0 Å². The molecule has 23 heavy (non-hydrogen) atoms. The van der Waals surface area contributed by atoms with Crippen LogP contribution < -0.4 is 14.8 Å². The lowest BCUT2D eigenvalue weighted by Gasteiger charge is -2.18. The minimum absolute atomic E-state index is 0.0933. The standard InChI is InChI=1S/C17H23NO5/c1-11(23-15-6-4-3-5-14(15)22-2)10-18-16(19)12-7-8-13(9-12)17(20)21/h3-6,11-13H,7-10H2,1-2H3,(H,18,19)(H,20,21)/t11?,12-,13+/m1/s1. The second kappa shape index (κ2) is 7.85. The zero-order valence-corrected chi connectivity index (χ0v) is 13.5. The molecule has 0 heterocycles. The Labute approximate surface area is 135 Å². The van der Waals surface area contributed by atoms with Crippen LogP contribution in [0.3, 0.4) is 0 Å². The van der Waals surface area contributed by atoms with E-state index in [9.17, 15) is 9.59 Å². The largest absolute Gasteiger partial charge is 0.493 e. The molecule has 2 N–H and O–H groups in total. The van der Waals surface area contributed by atoms with Crippen LogP contribution in [0, 0.1) is 11.8 Å². The normalized spacial score (nSPS) is 21.5. The Morgan fingerprint density at radius 3 is 2.52 bits per heavy atom. The van der Waals surface area contributed by atoms with Gasteiger partial charge in [-0.05, 0) is 38.3 Å². The Morgan fingerprint density at radius 2 is 1.91 bits per heavy atom. The number of amides is 1. The van der Waals surface area contributed by atoms with Crippen molar-refractivity contribution >= 4 is 11.9 Å². The first-order valence-corrected chi connectivity index (χ1v) is 7.81. The third-order valence-electron chi connectivity index (χ3n) is 4.11. The highest BCUT2D eigenvalue weighted by Gasteiger charge is 2.33. The number of carboxylic acids is 1. The van der Waals surface area contributed by atoms with Crippen LogP contribution in [0.2, 0.25) is 0 Å². The molecule has 2 rings (SSSR count). The highest BCUT2D eigenvalue weighted by atomic mass is 16.5. The molecule has 1 aliphatic carbocycles. The van der Waals surface area contributed by atoms with Crippen LogP contribution in [0.15, 0.2) is 24.3 Å². The number of carbonyl (C=O) groups is 2. The maximum atomic E-state index is 12.1. The van der Waals surface area contributed by atoms with Crippen molar-refractivity contribution in [1.29, 1.82) is 0 Å². The van der Waals surface area contributed by atoms with E-state index < -0.39 is 11.9 Å². The van der Waals surface area contributed by atoms with Crippen LogP contribution in [-0.2, 0) is 9.59 Å². The van der Waals surface area contributed by atoms with Gasteiger partial charge >= 0.3 is 5.97 Å². The topological polar surface area (TPSA) is 84.9 Å². The highest BCUT2D eigenvalue weighted by Crippen LogP contribution is 2.31. The SMILES string of the molecule is COc1ccccc1OC(C)CNC(=O)[C@@H]1CC[C@H](C(=O)O)C1. The first-order chi connectivity index (χ1) is 11.0. The molecule has 1 amide bonds. The van der Waals surface area contributed by atoms with E-state index in [1.807, 2.05) is 31.2 Å². The second-order valence-corrected chi connectivity index (χ2v) is 5.87. The quantitative estimate of drug-likeness (QED) is 0.803. The van der Waals surface area contributed by atoms with E-state index in [2.05, 4.69) is 5.32 Å². The number of methoxy groups -OCH3 is 1. The monoisotopic (exact) mass is 321 g/mol. The number of hydrogen-bond acceptors (Lipinski definition) is 4. The summed E-state index contributed by atoms with van der Waals surface area (Å²) in [6.45, 7) is 2.23. The van der Waals surface area contributed by atoms with E-state index in [1.54, 1.807) is 7.11 Å². The van der Waals surface area contributed by atoms with Crippen molar-refractivity contribution in [3.63, 3.8) is 0 Å². The average molecular weight is 321 g/mol. The average Bonchev–Trinajstić information content (AvgIpc) is 3.03. The number of para-hydroxylation sites is 2. The molecule has 0 radical (unpaired) electrons. The summed E-state index contributed by atoms with van der Waals surface area (Å²) in [5, 5.41) is 11.8. The number of hydrogen-bond donors (Lipinski definition) is 2. The third-order valence-corrected chi connectivity index (χ3v) is 4.11. The summed E-state index contributed by atoms with van der Waals surface area (Å²) in [5.74, 6) is -0.241. The molecule has 0 aromatic heterocycles. The minimum atomic E-state index is -0.812. The number of carbonyl (C=O) groups excluding carboxylic acids is 1. The van der Waals surface area contributed by atoms with Gasteiger partial charge in [-0.2, -0.15) is 0 Å². The molecule has 0 saturated heterocycles. The number of nitrogens with one attached hydrogen (secondary N) is 1. The van der Waals surface area contributed by atoms with Crippen LogP contribution in [0.1, 0.15) is 26.2 Å². The molecule has 6 heteroatoms. The number of rotatable bonds is 7. The van der Waals surface area contributed by atoms with Crippen molar-refractivity contribution < 1.29 is 24.2 Å². The van der Waals surface area contributed by atoms with Gasteiger partial charge in [-0.25, -0.2) is 0 Å². The molecule has 1 fully saturated rings. The van der Waals surface area contributed by atoms with Gasteiger partial charge in [0.25, 0.3) is 0 Å². The summed E-state index contributed by atoms with van der Waals surface area (Å²) in [6.07, 6.45) is 1.40. The van der Waals surface area contributed by atoms with Crippen molar-refractivity contribution in [2.24, 2.45) is 11.8 Å². The summed E-state index contributed by atoms with van der Waals surface area (Å²) >= 11 is 0. The van der Waals surface area contributed by atoms with Gasteiger partial charge in [0.15, 0.2) is 11.5 Å². The van der Waals surface area contributed by atoms with Gasteiger partial charge in [-0.15, -0.1) is 0 Å². The predicted octanol–water partition coefficient (Wildman–Crippen LogP) is 2.08. The lowest BCUT2D eigenvalue weighted by Crippen LogP contribution is -2.37. The number of carboxylic acid groups (broad SMARTS) is 1. The lowest BCUT2D eigenvalue weighted by molar-refractivity contribution is -0.141. The molecule has 1 aromatic carbocycles. The first kappa shape index (κ1) is 17.1. The Balaban J connectivity index is 1.79. The molecule has 1 aromatic rings. The van der Waals surface area contributed by atoms with Gasteiger partial charge in [0.1, 0.15) is 6.10 Å². The van der Waals surface area contributed by atoms with E-state index in [0.29, 0.717) is 37.3 Å². The molecule has 126 valence electrons. The van der Waals surface area contributed by atoms with Crippen LogP contribution in [0.25, 0.3) is 0 Å². The zero-order chi connectivity index (χ0) is 16.8. The Morgan fingerprint density at radius 1 is 1.26 bits per heavy atom. The van der Waals surface area contributed by atoms with Gasteiger partial charge in [-0.1, -0.05) is 12.1 Å². The molecular weight excluding hydrogens is 298 g/mol. The Kier molecular flexibility index (Phi) is 5.84. The molecule has 1 unspecified atom stereocenters. The van der Waals surface area contributed by atoms with Gasteiger partial charge in [0.05, 0.1) is 19.6 Å².